The lowest BCUT2D eigenvalue weighted by atomic mass is 10.0. The highest BCUT2D eigenvalue weighted by Gasteiger charge is 2.23. The smallest absolute Gasteiger partial charge is 0.258 e. The number of likely N-dealkylation sites (tertiary alicyclic amines) is 1. The normalized spacial score (nSPS) is 17.2. The molecule has 1 amide bonds. The first kappa shape index (κ1) is 29.1. The molecule has 0 saturated carbocycles. The Hall–Kier alpha value is -4.00. The van der Waals surface area contributed by atoms with Gasteiger partial charge in [0, 0.05) is 42.1 Å². The predicted molar refractivity (Wildman–Crippen MR) is 164 cm³/mol. The summed E-state index contributed by atoms with van der Waals surface area (Å²) < 4.78 is 45.7. The standard InChI is InChI=1S/C31H35FN6O4S/c1-38-13-9-21(10-14-38)33-23-5-7-26(29(18-23)34-22-11-15-42-16-12-22)31(39)35-30-27-19-25(6-8-28(27)36-37-30)43(40,41)24-4-2-3-20(32)17-24/h2-8,17-19,21-22,33-34H,9-16H2,1H3,(H2,35,36,37,39). The van der Waals surface area contributed by atoms with E-state index < -0.39 is 15.7 Å². The fraction of sp³-hybridized carbons (Fsp3) is 0.355. The molecule has 3 aromatic carbocycles. The molecule has 4 aromatic rings. The van der Waals surface area contributed by atoms with Crippen molar-refractivity contribution in [2.45, 2.75) is 47.6 Å². The number of sulfone groups is 1. The SMILES string of the molecule is CN1CCC(Nc2ccc(C(=O)Nc3n[nH]c4ccc(S(=O)(=O)c5cccc(F)c5)cc34)c(NC3CCOCC3)c2)CC1. The van der Waals surface area contributed by atoms with E-state index in [9.17, 15) is 17.6 Å². The van der Waals surface area contributed by atoms with E-state index in [1.54, 1.807) is 12.1 Å². The van der Waals surface area contributed by atoms with Crippen molar-refractivity contribution in [3.63, 3.8) is 0 Å². The summed E-state index contributed by atoms with van der Waals surface area (Å²) in [6.07, 6.45) is 3.76. The molecule has 2 aliphatic rings. The average Bonchev–Trinajstić information content (AvgIpc) is 3.41. The molecule has 6 rings (SSSR count). The van der Waals surface area contributed by atoms with Crippen molar-refractivity contribution >= 4 is 43.8 Å². The number of amides is 1. The summed E-state index contributed by atoms with van der Waals surface area (Å²) in [7, 11) is -1.86. The van der Waals surface area contributed by atoms with Crippen LogP contribution in [0.15, 0.2) is 70.5 Å². The topological polar surface area (TPSA) is 128 Å². The molecule has 12 heteroatoms. The third-order valence-electron chi connectivity index (χ3n) is 8.12. The summed E-state index contributed by atoms with van der Waals surface area (Å²) in [5.41, 5.74) is 2.64. The average molecular weight is 607 g/mol. The fourth-order valence-corrected chi connectivity index (χ4v) is 6.92. The van der Waals surface area contributed by atoms with Crippen LogP contribution in [-0.4, -0.2) is 74.9 Å². The minimum atomic E-state index is -4.00. The van der Waals surface area contributed by atoms with Crippen LogP contribution >= 0.6 is 0 Å². The maximum Gasteiger partial charge on any atom is 0.258 e. The van der Waals surface area contributed by atoms with Gasteiger partial charge in [0.05, 0.1) is 20.9 Å². The van der Waals surface area contributed by atoms with E-state index in [2.05, 4.69) is 38.1 Å². The Bertz CT molecular complexity index is 1730. The minimum Gasteiger partial charge on any atom is -0.382 e. The number of carbonyl (C=O) groups excluding carboxylic acids is 1. The second-order valence-corrected chi connectivity index (χ2v) is 13.2. The number of benzene rings is 3. The molecule has 43 heavy (non-hydrogen) atoms. The van der Waals surface area contributed by atoms with Gasteiger partial charge < -0.3 is 25.6 Å². The molecule has 2 fully saturated rings. The zero-order valence-corrected chi connectivity index (χ0v) is 24.7. The molecule has 4 N–H and O–H groups in total. The van der Waals surface area contributed by atoms with Gasteiger partial charge in [0.1, 0.15) is 5.82 Å². The van der Waals surface area contributed by atoms with Crippen LogP contribution in [0.25, 0.3) is 10.9 Å². The summed E-state index contributed by atoms with van der Waals surface area (Å²) in [5.74, 6) is -0.829. The van der Waals surface area contributed by atoms with E-state index in [4.69, 9.17) is 4.74 Å². The lowest BCUT2D eigenvalue weighted by Gasteiger charge is -2.30. The van der Waals surface area contributed by atoms with Crippen molar-refractivity contribution in [1.82, 2.24) is 15.1 Å². The third kappa shape index (κ3) is 6.51. The van der Waals surface area contributed by atoms with Crippen LogP contribution in [0.2, 0.25) is 0 Å². The number of nitrogens with zero attached hydrogens (tertiary/aromatic N) is 2. The number of nitrogens with one attached hydrogen (secondary N) is 4. The summed E-state index contributed by atoms with van der Waals surface area (Å²) in [6, 6.07) is 15.5. The van der Waals surface area contributed by atoms with Crippen molar-refractivity contribution in [1.29, 1.82) is 0 Å². The number of hydrogen-bond acceptors (Lipinski definition) is 8. The van der Waals surface area contributed by atoms with Crippen molar-refractivity contribution in [2.24, 2.45) is 0 Å². The maximum atomic E-state index is 13.8. The molecule has 0 aliphatic carbocycles. The van der Waals surface area contributed by atoms with Gasteiger partial charge in [-0.3, -0.25) is 9.89 Å². The highest BCUT2D eigenvalue weighted by molar-refractivity contribution is 7.91. The molecular formula is C31H35FN6O4S. The Morgan fingerprint density at radius 1 is 0.953 bits per heavy atom. The van der Waals surface area contributed by atoms with Gasteiger partial charge in [-0.05, 0) is 100 Å². The predicted octanol–water partition coefficient (Wildman–Crippen LogP) is 4.88. The number of aromatic amines is 1. The number of rotatable bonds is 8. The molecule has 0 atom stereocenters. The number of carbonyl (C=O) groups is 1. The Balaban J connectivity index is 1.27. The zero-order valence-electron chi connectivity index (χ0n) is 23.9. The number of piperidine rings is 1. The van der Waals surface area contributed by atoms with Gasteiger partial charge in [-0.2, -0.15) is 5.10 Å². The first-order valence-electron chi connectivity index (χ1n) is 14.5. The molecule has 2 saturated heterocycles. The van der Waals surface area contributed by atoms with Crippen LogP contribution in [-0.2, 0) is 14.6 Å². The van der Waals surface area contributed by atoms with Gasteiger partial charge in [0.25, 0.3) is 5.91 Å². The van der Waals surface area contributed by atoms with Gasteiger partial charge >= 0.3 is 0 Å². The maximum absolute atomic E-state index is 13.8. The van der Waals surface area contributed by atoms with Crippen molar-refractivity contribution in [3.8, 4) is 0 Å². The fourth-order valence-electron chi connectivity index (χ4n) is 5.60. The molecule has 3 heterocycles. The van der Waals surface area contributed by atoms with Crippen molar-refractivity contribution in [2.75, 3.05) is 49.3 Å². The molecule has 1 aromatic heterocycles. The van der Waals surface area contributed by atoms with Gasteiger partial charge in [-0.1, -0.05) is 6.07 Å². The molecular weight excluding hydrogens is 571 g/mol. The van der Waals surface area contributed by atoms with E-state index in [1.807, 2.05) is 12.1 Å². The van der Waals surface area contributed by atoms with Crippen LogP contribution < -0.4 is 16.0 Å². The quantitative estimate of drug-likeness (QED) is 0.223. The Labute approximate surface area is 249 Å². The molecule has 0 radical (unpaired) electrons. The van der Waals surface area contributed by atoms with E-state index in [-0.39, 0.29) is 27.6 Å². The first-order chi connectivity index (χ1) is 20.8. The molecule has 0 spiro atoms. The van der Waals surface area contributed by atoms with E-state index in [0.717, 1.165) is 50.5 Å². The van der Waals surface area contributed by atoms with Crippen LogP contribution in [0.3, 0.4) is 0 Å². The molecule has 10 nitrogen and oxygen atoms in total. The second-order valence-electron chi connectivity index (χ2n) is 11.2. The largest absolute Gasteiger partial charge is 0.382 e. The Kier molecular flexibility index (Phi) is 8.33. The summed E-state index contributed by atoms with van der Waals surface area (Å²) in [4.78, 5) is 15.8. The molecule has 0 bridgehead atoms. The van der Waals surface area contributed by atoms with Crippen molar-refractivity contribution in [3.05, 3.63) is 72.0 Å². The lowest BCUT2D eigenvalue weighted by Crippen LogP contribution is -2.36. The Morgan fingerprint density at radius 2 is 1.70 bits per heavy atom. The highest BCUT2D eigenvalue weighted by atomic mass is 32.2. The summed E-state index contributed by atoms with van der Waals surface area (Å²) >= 11 is 0. The highest BCUT2D eigenvalue weighted by Crippen LogP contribution is 2.30. The molecule has 0 unspecified atom stereocenters. The number of H-pyrrole nitrogens is 1. The van der Waals surface area contributed by atoms with Crippen LogP contribution in [0.5, 0.6) is 0 Å². The first-order valence-corrected chi connectivity index (χ1v) is 16.0. The number of ether oxygens (including phenoxy) is 1. The van der Waals surface area contributed by atoms with Crippen LogP contribution in [0, 0.1) is 5.82 Å². The zero-order chi connectivity index (χ0) is 30.0. The molecule has 2 aliphatic heterocycles. The van der Waals surface area contributed by atoms with Crippen LogP contribution in [0.4, 0.5) is 21.6 Å². The van der Waals surface area contributed by atoms with Crippen molar-refractivity contribution < 1.29 is 22.3 Å². The number of anilines is 3. The third-order valence-corrected chi connectivity index (χ3v) is 9.87. The van der Waals surface area contributed by atoms with Gasteiger partial charge in [-0.25, -0.2) is 12.8 Å². The number of hydrogen-bond donors (Lipinski definition) is 4. The summed E-state index contributed by atoms with van der Waals surface area (Å²) in [5, 5.41) is 17.6. The monoisotopic (exact) mass is 606 g/mol. The van der Waals surface area contributed by atoms with E-state index in [1.165, 1.54) is 30.3 Å². The van der Waals surface area contributed by atoms with Gasteiger partial charge in [-0.15, -0.1) is 0 Å². The second kappa shape index (κ2) is 12.3. The van der Waals surface area contributed by atoms with E-state index >= 15 is 0 Å². The number of fused-ring (bicyclic) bond motifs is 1. The minimum absolute atomic E-state index is 0.0336. The summed E-state index contributed by atoms with van der Waals surface area (Å²) in [6.45, 7) is 3.39. The van der Waals surface area contributed by atoms with Crippen LogP contribution in [0.1, 0.15) is 36.0 Å². The number of halogens is 1. The lowest BCUT2D eigenvalue weighted by molar-refractivity contribution is 0.0904. The Morgan fingerprint density at radius 3 is 2.47 bits per heavy atom. The molecule has 226 valence electrons. The van der Waals surface area contributed by atoms with Gasteiger partial charge in [0.2, 0.25) is 9.84 Å². The number of aromatic nitrogens is 2. The van der Waals surface area contributed by atoms with E-state index in [0.29, 0.717) is 41.4 Å². The van der Waals surface area contributed by atoms with Gasteiger partial charge in [0.15, 0.2) is 5.82 Å².